The molecule has 39 heavy (non-hydrogen) atoms. The van der Waals surface area contributed by atoms with E-state index in [1.165, 1.54) is 25.6 Å². The van der Waals surface area contributed by atoms with Gasteiger partial charge in [-0.1, -0.05) is 19.4 Å². The van der Waals surface area contributed by atoms with Gasteiger partial charge in [-0.2, -0.15) is 5.10 Å². The third-order valence-electron chi connectivity index (χ3n) is 8.21. The van der Waals surface area contributed by atoms with Crippen LogP contribution in [0.5, 0.6) is 5.75 Å². The first-order valence-corrected chi connectivity index (χ1v) is 13.4. The number of rotatable bonds is 6. The Hall–Kier alpha value is -4.02. The van der Waals surface area contributed by atoms with Crippen LogP contribution in [0.4, 0.5) is 5.82 Å². The smallest absolute Gasteiger partial charge is 0.148 e. The van der Waals surface area contributed by atoms with Crippen molar-refractivity contribution in [1.29, 1.82) is 0 Å². The van der Waals surface area contributed by atoms with Crippen molar-refractivity contribution in [2.75, 3.05) is 12.3 Å². The largest absolute Gasteiger partial charge is 0.491 e. The molecule has 1 saturated carbocycles. The Bertz CT molecular complexity index is 1670. The van der Waals surface area contributed by atoms with E-state index in [0.717, 1.165) is 27.9 Å². The monoisotopic (exact) mass is 525 g/mol. The maximum Gasteiger partial charge on any atom is 0.148 e. The van der Waals surface area contributed by atoms with Gasteiger partial charge in [-0.25, -0.2) is 9.97 Å². The van der Waals surface area contributed by atoms with E-state index in [2.05, 4.69) is 27.2 Å². The van der Waals surface area contributed by atoms with Gasteiger partial charge in [0.1, 0.15) is 42.5 Å². The standard InChI is InChI=1S/C29H31N7O3/c1-16-26(37)24(14-38-19-8-6-18-7-9-21(17-4-3-5-17)33-23(18)12-19)39-29(16)36-13-20(22-10-11-35(2)34-22)25-27(30)31-15-32-28(25)36/h6-13,15-17,24,26,29,37H,3-5,14H2,1-2H3,(H2,30,31,32)/t16-,24+,26-,29+/m0/s1. The van der Waals surface area contributed by atoms with Crippen LogP contribution in [0.15, 0.2) is 55.1 Å². The summed E-state index contributed by atoms with van der Waals surface area (Å²) in [7, 11) is 1.87. The molecule has 10 nitrogen and oxygen atoms in total. The highest BCUT2D eigenvalue weighted by molar-refractivity contribution is 5.99. The van der Waals surface area contributed by atoms with Crippen molar-refractivity contribution in [3.63, 3.8) is 0 Å². The predicted octanol–water partition coefficient (Wildman–Crippen LogP) is 4.20. The fourth-order valence-electron chi connectivity index (χ4n) is 5.72. The number of pyridine rings is 1. The van der Waals surface area contributed by atoms with E-state index >= 15 is 0 Å². The summed E-state index contributed by atoms with van der Waals surface area (Å²) in [5.74, 6) is 1.43. The van der Waals surface area contributed by atoms with Gasteiger partial charge in [-0.05, 0) is 37.1 Å². The lowest BCUT2D eigenvalue weighted by molar-refractivity contribution is -0.0395. The molecule has 7 rings (SSSR count). The summed E-state index contributed by atoms with van der Waals surface area (Å²) in [5, 5.41) is 17.5. The number of aliphatic hydroxyl groups is 1. The molecule has 200 valence electrons. The Morgan fingerprint density at radius 3 is 2.77 bits per heavy atom. The second kappa shape index (κ2) is 9.32. The predicted molar refractivity (Wildman–Crippen MR) is 147 cm³/mol. The molecule has 5 aromatic rings. The van der Waals surface area contributed by atoms with E-state index in [0.29, 0.717) is 28.5 Å². The molecule has 3 N–H and O–H groups in total. The Balaban J connectivity index is 1.13. The minimum absolute atomic E-state index is 0.208. The van der Waals surface area contributed by atoms with Crippen LogP contribution in [0.1, 0.15) is 44.0 Å². The van der Waals surface area contributed by atoms with E-state index in [9.17, 15) is 5.11 Å². The molecular weight excluding hydrogens is 494 g/mol. The van der Waals surface area contributed by atoms with Crippen molar-refractivity contribution in [2.24, 2.45) is 13.0 Å². The Kier molecular flexibility index (Phi) is 5.75. The lowest BCUT2D eigenvalue weighted by Gasteiger charge is -2.24. The number of benzene rings is 1. The van der Waals surface area contributed by atoms with Crippen LogP contribution in [0.25, 0.3) is 33.2 Å². The van der Waals surface area contributed by atoms with Gasteiger partial charge < -0.3 is 24.9 Å². The highest BCUT2D eigenvalue weighted by Crippen LogP contribution is 2.41. The van der Waals surface area contributed by atoms with Crippen molar-refractivity contribution in [3.05, 3.63) is 60.8 Å². The maximum absolute atomic E-state index is 11.1. The highest BCUT2D eigenvalue weighted by atomic mass is 16.6. The third-order valence-corrected chi connectivity index (χ3v) is 8.21. The van der Waals surface area contributed by atoms with Crippen molar-refractivity contribution in [3.8, 4) is 17.0 Å². The number of anilines is 1. The second-order valence-corrected chi connectivity index (χ2v) is 10.7. The number of aromatic nitrogens is 6. The summed E-state index contributed by atoms with van der Waals surface area (Å²) in [4.78, 5) is 13.6. The van der Waals surface area contributed by atoms with Crippen molar-refractivity contribution in [2.45, 2.75) is 50.5 Å². The van der Waals surface area contributed by atoms with E-state index in [1.54, 1.807) is 4.68 Å². The first kappa shape index (κ1) is 24.1. The zero-order valence-corrected chi connectivity index (χ0v) is 21.9. The molecule has 1 saturated heterocycles. The SMILES string of the molecule is C[C@H]1[C@H](O)[C@@H](COc2ccc3ccc(C4CCC4)nc3c2)O[C@H]1n1cc(-c2ccn(C)n2)c2c(N)ncnc21. The minimum Gasteiger partial charge on any atom is -0.491 e. The molecule has 1 aliphatic carbocycles. The van der Waals surface area contributed by atoms with Gasteiger partial charge >= 0.3 is 0 Å². The highest BCUT2D eigenvalue weighted by Gasteiger charge is 2.43. The van der Waals surface area contributed by atoms with Gasteiger partial charge in [0.25, 0.3) is 0 Å². The van der Waals surface area contributed by atoms with E-state index in [4.69, 9.17) is 20.2 Å². The Morgan fingerprint density at radius 2 is 2.00 bits per heavy atom. The number of hydrogen-bond acceptors (Lipinski definition) is 8. The Labute approximate surface area is 225 Å². The number of fused-ring (bicyclic) bond motifs is 2. The van der Waals surface area contributed by atoms with Gasteiger partial charge in [-0.3, -0.25) is 9.67 Å². The average Bonchev–Trinajstić information content (AvgIpc) is 3.58. The van der Waals surface area contributed by atoms with Crippen LogP contribution in [0.3, 0.4) is 0 Å². The third kappa shape index (κ3) is 4.11. The molecule has 2 aliphatic rings. The molecule has 10 heteroatoms. The van der Waals surface area contributed by atoms with Crippen LogP contribution >= 0.6 is 0 Å². The fourth-order valence-corrected chi connectivity index (χ4v) is 5.72. The normalized spacial score (nSPS) is 23.5. The average molecular weight is 526 g/mol. The summed E-state index contributed by atoms with van der Waals surface area (Å²) in [6, 6.07) is 12.1. The molecule has 4 aromatic heterocycles. The summed E-state index contributed by atoms with van der Waals surface area (Å²) in [6.07, 6.45) is 7.24. The van der Waals surface area contributed by atoms with Crippen LogP contribution in [0.2, 0.25) is 0 Å². The number of aryl methyl sites for hydroxylation is 1. The molecule has 0 radical (unpaired) electrons. The van der Waals surface area contributed by atoms with E-state index in [-0.39, 0.29) is 12.5 Å². The van der Waals surface area contributed by atoms with Crippen LogP contribution in [-0.2, 0) is 11.8 Å². The van der Waals surface area contributed by atoms with Crippen LogP contribution < -0.4 is 10.5 Å². The van der Waals surface area contributed by atoms with E-state index < -0.39 is 18.4 Å². The zero-order valence-electron chi connectivity index (χ0n) is 21.9. The number of ether oxygens (including phenoxy) is 2. The number of nitrogen functional groups attached to an aromatic ring is 1. The van der Waals surface area contributed by atoms with Crippen LogP contribution in [-0.4, -0.2) is 53.2 Å². The van der Waals surface area contributed by atoms with Gasteiger partial charge in [0.15, 0.2) is 0 Å². The van der Waals surface area contributed by atoms with Crippen molar-refractivity contribution >= 4 is 27.8 Å². The maximum atomic E-state index is 11.1. The molecule has 0 amide bonds. The minimum atomic E-state index is -0.728. The number of nitrogens with two attached hydrogens (primary N) is 1. The van der Waals surface area contributed by atoms with Crippen LogP contribution in [0, 0.1) is 5.92 Å². The summed E-state index contributed by atoms with van der Waals surface area (Å²) < 4.78 is 16.2. The summed E-state index contributed by atoms with van der Waals surface area (Å²) in [5.41, 5.74) is 10.6. The molecule has 2 fully saturated rings. The first-order chi connectivity index (χ1) is 19.0. The lowest BCUT2D eigenvalue weighted by atomic mass is 9.82. The first-order valence-electron chi connectivity index (χ1n) is 13.4. The molecule has 1 aliphatic heterocycles. The Morgan fingerprint density at radius 1 is 1.15 bits per heavy atom. The molecule has 0 bridgehead atoms. The van der Waals surface area contributed by atoms with Crippen molar-refractivity contribution < 1.29 is 14.6 Å². The van der Waals surface area contributed by atoms with Gasteiger partial charge in [0.05, 0.1) is 22.7 Å². The summed E-state index contributed by atoms with van der Waals surface area (Å²) >= 11 is 0. The molecule has 5 heterocycles. The number of aliphatic hydroxyl groups excluding tert-OH is 1. The lowest BCUT2D eigenvalue weighted by Crippen LogP contribution is -2.30. The second-order valence-electron chi connectivity index (χ2n) is 10.7. The van der Waals surface area contributed by atoms with E-state index in [1.807, 2.05) is 55.2 Å². The van der Waals surface area contributed by atoms with Gasteiger partial charge in [-0.15, -0.1) is 0 Å². The molecule has 0 spiro atoms. The molecule has 1 aromatic carbocycles. The quantitative estimate of drug-likeness (QED) is 0.338. The number of nitrogens with zero attached hydrogens (tertiary/aromatic N) is 6. The molecular formula is C29H31N7O3. The topological polar surface area (TPSA) is 126 Å². The van der Waals surface area contributed by atoms with Gasteiger partial charge in [0, 0.05) is 54.0 Å². The van der Waals surface area contributed by atoms with Gasteiger partial charge in [0.2, 0.25) is 0 Å². The van der Waals surface area contributed by atoms with Crippen molar-refractivity contribution in [1.82, 2.24) is 29.3 Å². The fraction of sp³-hybridized carbons (Fsp3) is 0.379. The summed E-state index contributed by atoms with van der Waals surface area (Å²) in [6.45, 7) is 2.17. The molecule has 4 atom stereocenters. The molecule has 0 unspecified atom stereocenters. The number of hydrogen-bond donors (Lipinski definition) is 2. The zero-order chi connectivity index (χ0) is 26.7.